The van der Waals surface area contributed by atoms with E-state index in [1.807, 2.05) is 35.2 Å². The maximum absolute atomic E-state index is 12.0. The van der Waals surface area contributed by atoms with Crippen LogP contribution in [-0.4, -0.2) is 42.2 Å². The van der Waals surface area contributed by atoms with Crippen molar-refractivity contribution in [1.82, 2.24) is 4.90 Å². The summed E-state index contributed by atoms with van der Waals surface area (Å²) in [6, 6.07) is 9.72. The van der Waals surface area contributed by atoms with Crippen LogP contribution in [0.4, 0.5) is 0 Å². The van der Waals surface area contributed by atoms with Crippen molar-refractivity contribution in [2.45, 2.75) is 25.4 Å². The van der Waals surface area contributed by atoms with E-state index in [4.69, 9.17) is 11.2 Å². The Morgan fingerprint density at radius 1 is 1.36 bits per heavy atom. The quantitative estimate of drug-likeness (QED) is 0.646. The molecule has 1 aliphatic heterocycles. The molecule has 0 bridgehead atoms. The molecule has 1 aliphatic rings. The fraction of sp³-hybridized carbons (Fsp3) is 0.500. The fourth-order valence-electron chi connectivity index (χ4n) is 2.84. The fourth-order valence-corrected chi connectivity index (χ4v) is 2.84. The summed E-state index contributed by atoms with van der Waals surface area (Å²) in [5.74, 6) is 2.69. The minimum absolute atomic E-state index is 0.102. The summed E-state index contributed by atoms with van der Waals surface area (Å²) in [5.41, 5.74) is 0.954. The van der Waals surface area contributed by atoms with Crippen molar-refractivity contribution in [3.05, 3.63) is 35.9 Å². The van der Waals surface area contributed by atoms with Gasteiger partial charge in [0.1, 0.15) is 6.61 Å². The molecule has 118 valence electrons. The third-order valence-corrected chi connectivity index (χ3v) is 4.13. The lowest BCUT2D eigenvalue weighted by Gasteiger charge is -2.34. The molecule has 4 heteroatoms. The Morgan fingerprint density at radius 2 is 2.05 bits per heavy atom. The third-order valence-electron chi connectivity index (χ3n) is 4.13. The summed E-state index contributed by atoms with van der Waals surface area (Å²) in [6.45, 7) is 2.01. The van der Waals surface area contributed by atoms with E-state index in [1.54, 1.807) is 0 Å². The van der Waals surface area contributed by atoms with Crippen LogP contribution in [0.15, 0.2) is 30.3 Å². The van der Waals surface area contributed by atoms with Gasteiger partial charge in [0.2, 0.25) is 5.91 Å². The number of piperidine rings is 1. The summed E-state index contributed by atoms with van der Waals surface area (Å²) in [5, 5.41) is 10.4. The van der Waals surface area contributed by atoms with Crippen molar-refractivity contribution >= 4 is 5.91 Å². The highest BCUT2D eigenvalue weighted by Crippen LogP contribution is 2.30. The van der Waals surface area contributed by atoms with Crippen LogP contribution in [-0.2, 0) is 9.53 Å². The average molecular weight is 301 g/mol. The number of amides is 1. The van der Waals surface area contributed by atoms with Gasteiger partial charge in [0.05, 0.1) is 19.1 Å². The number of likely N-dealkylation sites (tertiary alicyclic amines) is 1. The van der Waals surface area contributed by atoms with Gasteiger partial charge in [-0.3, -0.25) is 4.79 Å². The maximum Gasteiger partial charge on any atom is 0.224 e. The van der Waals surface area contributed by atoms with Gasteiger partial charge in [-0.1, -0.05) is 36.3 Å². The molecule has 22 heavy (non-hydrogen) atoms. The van der Waals surface area contributed by atoms with Gasteiger partial charge in [0, 0.05) is 13.1 Å². The van der Waals surface area contributed by atoms with Crippen molar-refractivity contribution in [3.63, 3.8) is 0 Å². The van der Waals surface area contributed by atoms with Gasteiger partial charge in [-0.2, -0.15) is 0 Å². The number of ether oxygens (including phenoxy) is 1. The molecule has 0 aromatic heterocycles. The van der Waals surface area contributed by atoms with E-state index in [0.717, 1.165) is 18.4 Å². The molecule has 0 aliphatic carbocycles. The zero-order chi connectivity index (χ0) is 15.8. The maximum atomic E-state index is 12.0. The number of rotatable bonds is 6. The second-order valence-corrected chi connectivity index (χ2v) is 5.58. The number of terminal acetylenes is 1. The molecule has 1 N–H and O–H groups in total. The molecule has 0 radical (unpaired) electrons. The van der Waals surface area contributed by atoms with Gasteiger partial charge >= 0.3 is 0 Å². The summed E-state index contributed by atoms with van der Waals surface area (Å²) >= 11 is 0. The van der Waals surface area contributed by atoms with Gasteiger partial charge in [-0.25, -0.2) is 0 Å². The zero-order valence-corrected chi connectivity index (χ0v) is 12.8. The average Bonchev–Trinajstić information content (AvgIpc) is 2.59. The van der Waals surface area contributed by atoms with Gasteiger partial charge in [-0.15, -0.1) is 6.42 Å². The highest BCUT2D eigenvalue weighted by atomic mass is 16.5. The molecule has 1 heterocycles. The number of carbonyl (C=O) groups excluding carboxylic acids is 1. The molecule has 1 saturated heterocycles. The summed E-state index contributed by atoms with van der Waals surface area (Å²) in [7, 11) is 0. The summed E-state index contributed by atoms with van der Waals surface area (Å²) in [6.07, 6.45) is 6.66. The van der Waals surface area contributed by atoms with Crippen LogP contribution in [0.2, 0.25) is 0 Å². The van der Waals surface area contributed by atoms with Gasteiger partial charge in [0.15, 0.2) is 0 Å². The monoisotopic (exact) mass is 301 g/mol. The minimum atomic E-state index is -0.447. The minimum Gasteiger partial charge on any atom is -0.388 e. The van der Waals surface area contributed by atoms with Crippen LogP contribution < -0.4 is 0 Å². The molecular formula is C18H23NO3. The Bertz CT molecular complexity index is 501. The molecule has 0 saturated carbocycles. The molecular weight excluding hydrogens is 278 g/mol. The summed E-state index contributed by atoms with van der Waals surface area (Å²) in [4.78, 5) is 13.9. The number of aliphatic hydroxyl groups is 1. The lowest BCUT2D eigenvalue weighted by atomic mass is 9.87. The van der Waals surface area contributed by atoms with E-state index in [9.17, 15) is 9.90 Å². The van der Waals surface area contributed by atoms with Gasteiger partial charge < -0.3 is 14.7 Å². The first-order valence-corrected chi connectivity index (χ1v) is 7.74. The SMILES string of the molecule is C#CCOCCC(=O)N1CCC(C(O)c2ccccc2)CC1. The van der Waals surface area contributed by atoms with Crippen LogP contribution in [0.1, 0.15) is 30.9 Å². The topological polar surface area (TPSA) is 49.8 Å². The lowest BCUT2D eigenvalue weighted by molar-refractivity contribution is -0.134. The molecule has 2 rings (SSSR count). The second-order valence-electron chi connectivity index (χ2n) is 5.58. The second kappa shape index (κ2) is 8.57. The molecule has 1 amide bonds. The first kappa shape index (κ1) is 16.5. The number of carbonyl (C=O) groups is 1. The Morgan fingerprint density at radius 3 is 2.68 bits per heavy atom. The van der Waals surface area contributed by atoms with E-state index in [-0.39, 0.29) is 18.4 Å². The van der Waals surface area contributed by atoms with Crippen molar-refractivity contribution in [2.75, 3.05) is 26.3 Å². The van der Waals surface area contributed by atoms with E-state index >= 15 is 0 Å². The Kier molecular flexibility index (Phi) is 6.45. The van der Waals surface area contributed by atoms with Crippen molar-refractivity contribution in [1.29, 1.82) is 0 Å². The Labute approximate surface area is 132 Å². The predicted octanol–water partition coefficient (Wildman–Crippen LogP) is 2.00. The number of aliphatic hydroxyl groups excluding tert-OH is 1. The number of nitrogens with zero attached hydrogens (tertiary/aromatic N) is 1. The number of hydrogen-bond donors (Lipinski definition) is 1. The van der Waals surface area contributed by atoms with Crippen molar-refractivity contribution < 1.29 is 14.6 Å². The van der Waals surface area contributed by atoms with Crippen molar-refractivity contribution in [2.24, 2.45) is 5.92 Å². The molecule has 0 spiro atoms. The largest absolute Gasteiger partial charge is 0.388 e. The van der Waals surface area contributed by atoms with Crippen LogP contribution in [0.5, 0.6) is 0 Å². The first-order valence-electron chi connectivity index (χ1n) is 7.74. The molecule has 1 aromatic carbocycles. The highest BCUT2D eigenvalue weighted by molar-refractivity contribution is 5.76. The molecule has 1 fully saturated rings. The zero-order valence-electron chi connectivity index (χ0n) is 12.8. The predicted molar refractivity (Wildman–Crippen MR) is 85.0 cm³/mol. The first-order chi connectivity index (χ1) is 10.7. The molecule has 1 unspecified atom stereocenters. The lowest BCUT2D eigenvalue weighted by Crippen LogP contribution is -2.40. The van der Waals surface area contributed by atoms with Crippen LogP contribution in [0.3, 0.4) is 0 Å². The normalized spacial score (nSPS) is 17.0. The summed E-state index contributed by atoms with van der Waals surface area (Å²) < 4.78 is 5.14. The van der Waals surface area contributed by atoms with E-state index < -0.39 is 6.10 Å². The molecule has 1 atom stereocenters. The van der Waals surface area contributed by atoms with Gasteiger partial charge in [0.25, 0.3) is 0 Å². The smallest absolute Gasteiger partial charge is 0.224 e. The van der Waals surface area contributed by atoms with Crippen LogP contribution >= 0.6 is 0 Å². The van der Waals surface area contributed by atoms with E-state index in [1.165, 1.54) is 0 Å². The van der Waals surface area contributed by atoms with Crippen LogP contribution in [0.25, 0.3) is 0 Å². The van der Waals surface area contributed by atoms with E-state index in [0.29, 0.717) is 26.1 Å². The molecule has 1 aromatic rings. The molecule has 4 nitrogen and oxygen atoms in total. The highest BCUT2D eigenvalue weighted by Gasteiger charge is 2.27. The Hall–Kier alpha value is -1.83. The van der Waals surface area contributed by atoms with E-state index in [2.05, 4.69) is 5.92 Å². The Balaban J connectivity index is 1.76. The van der Waals surface area contributed by atoms with Crippen LogP contribution in [0, 0.1) is 18.3 Å². The van der Waals surface area contributed by atoms with Gasteiger partial charge in [-0.05, 0) is 24.3 Å². The number of hydrogen-bond acceptors (Lipinski definition) is 3. The van der Waals surface area contributed by atoms with Crippen molar-refractivity contribution in [3.8, 4) is 12.3 Å². The number of benzene rings is 1. The third kappa shape index (κ3) is 4.59. The standard InChI is InChI=1S/C18H23NO3/c1-2-13-22-14-10-17(20)19-11-8-16(9-12-19)18(21)15-6-4-3-5-7-15/h1,3-7,16,18,21H,8-14H2.